The maximum absolute atomic E-state index is 9.76. The van der Waals surface area contributed by atoms with Crippen molar-refractivity contribution in [3.05, 3.63) is 0 Å². The van der Waals surface area contributed by atoms with Crippen LogP contribution >= 0.6 is 37.9 Å². The molecule has 25 heavy (non-hydrogen) atoms. The zero-order valence-corrected chi connectivity index (χ0v) is 17.8. The first-order valence-corrected chi connectivity index (χ1v) is 9.15. The van der Waals surface area contributed by atoms with E-state index < -0.39 is 17.9 Å². The summed E-state index contributed by atoms with van der Waals surface area (Å²) in [5.41, 5.74) is 0. The van der Waals surface area contributed by atoms with Gasteiger partial charge in [0.2, 0.25) is 0 Å². The van der Waals surface area contributed by atoms with Gasteiger partial charge >= 0.3 is 17.9 Å². The molecule has 0 aromatic heterocycles. The quantitative estimate of drug-likeness (QED) is 0.315. The Kier molecular flexibility index (Phi) is 30.1. The van der Waals surface area contributed by atoms with E-state index in [1.54, 1.807) is 20.8 Å². The predicted molar refractivity (Wildman–Crippen MR) is 109 cm³/mol. The molecule has 0 bridgehead atoms. The Morgan fingerprint density at radius 1 is 0.720 bits per heavy atom. The molecule has 3 atom stereocenters. The number of carboxylic acids is 3. The molecule has 0 saturated carbocycles. The third kappa shape index (κ3) is 69.7. The fourth-order valence-electron chi connectivity index (χ4n) is 0.758. The highest BCUT2D eigenvalue weighted by molar-refractivity contribution is 7.81. The van der Waals surface area contributed by atoms with Gasteiger partial charge in [-0.15, -0.1) is 0 Å². The van der Waals surface area contributed by atoms with Crippen LogP contribution in [0.1, 0.15) is 53.4 Å². The molecule has 3 unspecified atom stereocenters. The van der Waals surface area contributed by atoms with Crippen molar-refractivity contribution in [1.82, 2.24) is 0 Å². The second-order valence-corrected chi connectivity index (χ2v) is 7.71. The minimum atomic E-state index is -0.789. The molecule has 0 heterocycles. The van der Waals surface area contributed by atoms with E-state index in [1.165, 1.54) is 0 Å². The van der Waals surface area contributed by atoms with Crippen LogP contribution in [0.5, 0.6) is 0 Å². The summed E-state index contributed by atoms with van der Waals surface area (Å²) in [6.45, 7) is 7.49. The summed E-state index contributed by atoms with van der Waals surface area (Å²) in [6, 6.07) is 0. The Bertz CT molecular complexity index is 286. The fourth-order valence-corrected chi connectivity index (χ4v) is 1.23. The largest absolute Gasteiger partial charge is 0.481 e. The van der Waals surface area contributed by atoms with E-state index >= 15 is 0 Å². The number of carbonyl (C=O) groups is 3. The molecule has 0 fully saturated rings. The molecule has 0 aliphatic rings. The number of rotatable bonds is 7. The van der Waals surface area contributed by atoms with Crippen molar-refractivity contribution in [3.8, 4) is 0 Å². The summed E-state index contributed by atoms with van der Waals surface area (Å²) in [4.78, 5) is 29.3. The van der Waals surface area contributed by atoms with Crippen LogP contribution in [0.25, 0.3) is 0 Å². The number of aliphatic carboxylic acids is 3. The zero-order chi connectivity index (χ0) is 21.0. The molecule has 7 nitrogen and oxygen atoms in total. The molecule has 0 spiro atoms. The van der Waals surface area contributed by atoms with Gasteiger partial charge in [0.05, 0.1) is 19.3 Å². The minimum Gasteiger partial charge on any atom is -0.481 e. The standard InChI is InChI=1S/3C4H8O2S.C3H8O/c3*1-3(7)2-4(5)6;1-2-3-4/h3*3,7H,2H2,1H3,(H,5,6);4H,2-3H2,1H3. The van der Waals surface area contributed by atoms with Crippen molar-refractivity contribution in [3.63, 3.8) is 0 Å². The van der Waals surface area contributed by atoms with Crippen molar-refractivity contribution in [2.75, 3.05) is 6.61 Å². The topological polar surface area (TPSA) is 132 Å². The average Bonchev–Trinajstić information content (AvgIpc) is 2.35. The van der Waals surface area contributed by atoms with Gasteiger partial charge in [0, 0.05) is 22.4 Å². The monoisotopic (exact) mass is 420 g/mol. The van der Waals surface area contributed by atoms with E-state index in [0.29, 0.717) is 6.61 Å². The van der Waals surface area contributed by atoms with Crippen molar-refractivity contribution in [2.24, 2.45) is 0 Å². The third-order valence-electron chi connectivity index (χ3n) is 1.63. The predicted octanol–water partition coefficient (Wildman–Crippen LogP) is 2.73. The van der Waals surface area contributed by atoms with Crippen molar-refractivity contribution in [1.29, 1.82) is 0 Å². The van der Waals surface area contributed by atoms with Crippen LogP contribution in [0.15, 0.2) is 0 Å². The zero-order valence-electron chi connectivity index (χ0n) is 15.1. The number of hydrogen-bond donors (Lipinski definition) is 7. The van der Waals surface area contributed by atoms with Crippen molar-refractivity contribution < 1.29 is 34.8 Å². The minimum absolute atomic E-state index is 0.0301. The van der Waals surface area contributed by atoms with Crippen LogP contribution in [-0.4, -0.2) is 60.7 Å². The molecule has 10 heteroatoms. The number of carboxylic acid groups (broad SMARTS) is 3. The lowest BCUT2D eigenvalue weighted by molar-refractivity contribution is -0.137. The fraction of sp³-hybridized carbons (Fsp3) is 0.800. The van der Waals surface area contributed by atoms with E-state index in [2.05, 4.69) is 37.9 Å². The Labute approximate surface area is 166 Å². The van der Waals surface area contributed by atoms with Gasteiger partial charge in [-0.05, 0) is 6.42 Å². The SMILES string of the molecule is CC(S)CC(=O)O.CC(S)CC(=O)O.CC(S)CC(=O)O.CCCO. The molecular weight excluding hydrogens is 388 g/mol. The van der Waals surface area contributed by atoms with E-state index in [1.807, 2.05) is 6.92 Å². The number of thiol groups is 3. The number of aliphatic hydroxyl groups excluding tert-OH is 1. The van der Waals surface area contributed by atoms with Crippen LogP contribution in [0.3, 0.4) is 0 Å². The molecule has 0 radical (unpaired) electrons. The molecular formula is C15H32O7S3. The first kappa shape index (κ1) is 32.1. The van der Waals surface area contributed by atoms with Crippen LogP contribution in [0, 0.1) is 0 Å². The molecule has 0 aromatic carbocycles. The Morgan fingerprint density at radius 2 is 0.880 bits per heavy atom. The lowest BCUT2D eigenvalue weighted by Gasteiger charge is -1.93. The lowest BCUT2D eigenvalue weighted by atomic mass is 10.3. The Balaban J connectivity index is -0.000000120. The Morgan fingerprint density at radius 3 is 0.880 bits per heavy atom. The van der Waals surface area contributed by atoms with Gasteiger partial charge in [0.25, 0.3) is 0 Å². The van der Waals surface area contributed by atoms with Gasteiger partial charge in [-0.2, -0.15) is 37.9 Å². The van der Waals surface area contributed by atoms with Gasteiger partial charge in [0.15, 0.2) is 0 Å². The second kappa shape index (κ2) is 23.4. The molecule has 0 saturated heterocycles. The average molecular weight is 421 g/mol. The smallest absolute Gasteiger partial charge is 0.304 e. The molecule has 0 rings (SSSR count). The third-order valence-corrected chi connectivity index (χ3v) is 2.18. The summed E-state index contributed by atoms with van der Waals surface area (Å²) in [5, 5.41) is 31.9. The summed E-state index contributed by atoms with van der Waals surface area (Å²) in [6.07, 6.45) is 1.30. The van der Waals surface area contributed by atoms with Gasteiger partial charge in [0.1, 0.15) is 0 Å². The molecule has 0 aliphatic heterocycles. The van der Waals surface area contributed by atoms with Crippen molar-refractivity contribution in [2.45, 2.75) is 69.1 Å². The van der Waals surface area contributed by atoms with E-state index in [0.717, 1.165) is 6.42 Å². The highest BCUT2D eigenvalue weighted by Gasteiger charge is 2.00. The number of aliphatic hydroxyl groups is 1. The highest BCUT2D eigenvalue weighted by atomic mass is 32.1. The summed E-state index contributed by atoms with van der Waals surface area (Å²) >= 11 is 11.6. The normalized spacial score (nSPS) is 12.5. The maximum Gasteiger partial charge on any atom is 0.304 e. The first-order valence-electron chi connectivity index (χ1n) is 7.60. The van der Waals surface area contributed by atoms with Gasteiger partial charge in [-0.25, -0.2) is 0 Å². The van der Waals surface area contributed by atoms with Gasteiger partial charge in [-0.1, -0.05) is 27.7 Å². The molecule has 0 aromatic rings. The van der Waals surface area contributed by atoms with Crippen LogP contribution in [0.4, 0.5) is 0 Å². The molecule has 152 valence electrons. The summed E-state index contributed by atoms with van der Waals surface area (Å²) in [5.74, 6) is -2.37. The maximum atomic E-state index is 9.76. The second-order valence-electron chi connectivity index (χ2n) is 5.06. The summed E-state index contributed by atoms with van der Waals surface area (Å²) in [7, 11) is 0. The Hall–Kier alpha value is -0.580. The van der Waals surface area contributed by atoms with E-state index in [4.69, 9.17) is 20.4 Å². The van der Waals surface area contributed by atoms with Crippen LogP contribution in [0.2, 0.25) is 0 Å². The molecule has 0 aliphatic carbocycles. The van der Waals surface area contributed by atoms with Gasteiger partial charge < -0.3 is 20.4 Å². The van der Waals surface area contributed by atoms with Crippen LogP contribution in [-0.2, 0) is 14.4 Å². The van der Waals surface area contributed by atoms with Crippen molar-refractivity contribution >= 4 is 55.8 Å². The van der Waals surface area contributed by atoms with E-state index in [9.17, 15) is 14.4 Å². The molecule has 0 amide bonds. The molecule has 4 N–H and O–H groups in total. The first-order chi connectivity index (χ1) is 11.3. The summed E-state index contributed by atoms with van der Waals surface area (Å²) < 4.78 is 0. The van der Waals surface area contributed by atoms with Gasteiger partial charge in [-0.3, -0.25) is 14.4 Å². The highest BCUT2D eigenvalue weighted by Crippen LogP contribution is 1.97. The van der Waals surface area contributed by atoms with E-state index in [-0.39, 0.29) is 35.0 Å². The van der Waals surface area contributed by atoms with Crippen LogP contribution < -0.4 is 0 Å². The lowest BCUT2D eigenvalue weighted by Crippen LogP contribution is -2.01. The number of hydrogen-bond acceptors (Lipinski definition) is 7.